The fourth-order valence-electron chi connectivity index (χ4n) is 4.09. The first-order valence-electron chi connectivity index (χ1n) is 9.50. The van der Waals surface area contributed by atoms with Crippen molar-refractivity contribution in [2.45, 2.75) is 56.7 Å². The highest BCUT2D eigenvalue weighted by atomic mass is 32.2. The van der Waals surface area contributed by atoms with Gasteiger partial charge < -0.3 is 5.32 Å². The summed E-state index contributed by atoms with van der Waals surface area (Å²) in [5.41, 5.74) is 0.181. The van der Waals surface area contributed by atoms with E-state index in [2.05, 4.69) is 5.32 Å². The molecule has 1 N–H and O–H groups in total. The molecular weight excluding hydrogens is 355 g/mol. The van der Waals surface area contributed by atoms with Crippen molar-refractivity contribution in [1.82, 2.24) is 9.62 Å². The number of halogens is 1. The second kappa shape index (κ2) is 8.48. The molecule has 144 valence electrons. The standard InChI is InChI=1S/C19H27FN2O3S/c20-17-10-4-3-8-15(17)14-26(24,25)22-13-6-2-1-5-12-21-19(23)16-9-7-11-18(16)22/h3-4,8,10,16,18H,1-2,5-7,9,11-14H2,(H,21,23)/t16-,18+/m1/s1. The number of nitrogens with zero attached hydrogens (tertiary/aromatic N) is 1. The Bertz CT molecular complexity index is 738. The first kappa shape index (κ1) is 19.3. The van der Waals surface area contributed by atoms with Crippen LogP contribution in [-0.2, 0) is 20.6 Å². The Morgan fingerprint density at radius 3 is 2.65 bits per heavy atom. The normalized spacial score (nSPS) is 26.0. The molecule has 0 bridgehead atoms. The van der Waals surface area contributed by atoms with Crippen LogP contribution < -0.4 is 5.32 Å². The lowest BCUT2D eigenvalue weighted by Crippen LogP contribution is -2.47. The van der Waals surface area contributed by atoms with Crippen LogP contribution in [0, 0.1) is 11.7 Å². The minimum Gasteiger partial charge on any atom is -0.356 e. The van der Waals surface area contributed by atoms with Crippen molar-refractivity contribution in [2.24, 2.45) is 5.92 Å². The number of rotatable bonds is 3. The minimum absolute atomic E-state index is 0.0412. The van der Waals surface area contributed by atoms with Crippen LogP contribution >= 0.6 is 0 Å². The van der Waals surface area contributed by atoms with Gasteiger partial charge in [0, 0.05) is 24.7 Å². The Morgan fingerprint density at radius 1 is 1.08 bits per heavy atom. The molecule has 1 aromatic rings. The molecule has 1 aliphatic heterocycles. The molecule has 26 heavy (non-hydrogen) atoms. The van der Waals surface area contributed by atoms with Crippen LogP contribution in [0.3, 0.4) is 0 Å². The predicted molar refractivity (Wildman–Crippen MR) is 98.3 cm³/mol. The fourth-order valence-corrected chi connectivity index (χ4v) is 5.95. The summed E-state index contributed by atoms with van der Waals surface area (Å²) in [6.07, 6.45) is 5.83. The van der Waals surface area contributed by atoms with Gasteiger partial charge in [0.2, 0.25) is 15.9 Å². The average molecular weight is 383 g/mol. The molecule has 1 aromatic carbocycles. The predicted octanol–water partition coefficient (Wildman–Crippen LogP) is 2.82. The van der Waals surface area contributed by atoms with E-state index in [-0.39, 0.29) is 29.2 Å². The van der Waals surface area contributed by atoms with E-state index in [4.69, 9.17) is 0 Å². The molecule has 1 heterocycles. The topological polar surface area (TPSA) is 66.5 Å². The second-order valence-corrected chi connectivity index (χ2v) is 9.19. The summed E-state index contributed by atoms with van der Waals surface area (Å²) in [7, 11) is -3.70. The SMILES string of the molecule is O=C1NCCCCCCN(S(=O)(=O)Cc2ccccc2F)[C@H]2CCC[C@@H]12. The van der Waals surface area contributed by atoms with Gasteiger partial charge in [0.15, 0.2) is 0 Å². The number of fused-ring (bicyclic) bond motifs is 1. The van der Waals surface area contributed by atoms with Gasteiger partial charge in [-0.2, -0.15) is 4.31 Å². The largest absolute Gasteiger partial charge is 0.356 e. The van der Waals surface area contributed by atoms with Crippen LogP contribution in [0.5, 0.6) is 0 Å². The van der Waals surface area contributed by atoms with E-state index in [1.807, 2.05) is 0 Å². The summed E-state index contributed by atoms with van der Waals surface area (Å²) in [5, 5.41) is 2.96. The van der Waals surface area contributed by atoms with E-state index < -0.39 is 15.8 Å². The number of carbonyl (C=O) groups excluding carboxylic acids is 1. The van der Waals surface area contributed by atoms with Crippen molar-refractivity contribution in [3.8, 4) is 0 Å². The molecule has 1 aliphatic carbocycles. The van der Waals surface area contributed by atoms with E-state index in [0.717, 1.165) is 32.1 Å². The summed E-state index contributed by atoms with van der Waals surface area (Å²) < 4.78 is 41.8. The first-order chi connectivity index (χ1) is 12.5. The molecule has 2 fully saturated rings. The summed E-state index contributed by atoms with van der Waals surface area (Å²) in [6, 6.07) is 5.68. The van der Waals surface area contributed by atoms with Crippen molar-refractivity contribution in [1.29, 1.82) is 0 Å². The average Bonchev–Trinajstić information content (AvgIpc) is 3.06. The summed E-state index contributed by atoms with van der Waals surface area (Å²) in [6.45, 7) is 1.06. The van der Waals surface area contributed by atoms with Crippen LogP contribution in [0.1, 0.15) is 50.5 Å². The lowest BCUT2D eigenvalue weighted by atomic mass is 10.0. The van der Waals surface area contributed by atoms with Crippen molar-refractivity contribution >= 4 is 15.9 Å². The van der Waals surface area contributed by atoms with Gasteiger partial charge in [0.25, 0.3) is 0 Å². The van der Waals surface area contributed by atoms with E-state index in [1.54, 1.807) is 12.1 Å². The lowest BCUT2D eigenvalue weighted by Gasteiger charge is -2.31. The summed E-state index contributed by atoms with van der Waals surface area (Å²) in [5.74, 6) is -1.21. The Hall–Kier alpha value is -1.47. The third kappa shape index (κ3) is 4.43. The Labute approximate surface area is 155 Å². The molecule has 1 saturated heterocycles. The van der Waals surface area contributed by atoms with Crippen LogP contribution in [0.25, 0.3) is 0 Å². The van der Waals surface area contributed by atoms with Gasteiger partial charge in [0.05, 0.1) is 11.7 Å². The number of carbonyl (C=O) groups is 1. The van der Waals surface area contributed by atoms with Crippen molar-refractivity contribution in [2.75, 3.05) is 13.1 Å². The highest BCUT2D eigenvalue weighted by Gasteiger charge is 2.41. The van der Waals surface area contributed by atoms with Gasteiger partial charge in [-0.3, -0.25) is 4.79 Å². The third-order valence-electron chi connectivity index (χ3n) is 5.44. The minimum atomic E-state index is -3.70. The Kier molecular flexibility index (Phi) is 6.29. The first-order valence-corrected chi connectivity index (χ1v) is 11.1. The maximum Gasteiger partial charge on any atom is 0.224 e. The molecule has 3 rings (SSSR count). The van der Waals surface area contributed by atoms with Crippen LogP contribution in [0.4, 0.5) is 4.39 Å². The number of benzene rings is 1. The smallest absolute Gasteiger partial charge is 0.224 e. The van der Waals surface area contributed by atoms with Crippen LogP contribution in [0.15, 0.2) is 24.3 Å². The molecule has 0 unspecified atom stereocenters. The molecular formula is C19H27FN2O3S. The Balaban J connectivity index is 1.87. The highest BCUT2D eigenvalue weighted by molar-refractivity contribution is 7.88. The van der Waals surface area contributed by atoms with Crippen LogP contribution in [0.2, 0.25) is 0 Å². The van der Waals surface area contributed by atoms with Gasteiger partial charge in [-0.25, -0.2) is 12.8 Å². The molecule has 0 radical (unpaired) electrons. The van der Waals surface area contributed by atoms with Gasteiger partial charge in [-0.15, -0.1) is 0 Å². The highest BCUT2D eigenvalue weighted by Crippen LogP contribution is 2.33. The lowest BCUT2D eigenvalue weighted by molar-refractivity contribution is -0.125. The van der Waals surface area contributed by atoms with E-state index in [0.29, 0.717) is 25.9 Å². The number of hydrogen-bond donors (Lipinski definition) is 1. The molecule has 1 amide bonds. The zero-order valence-electron chi connectivity index (χ0n) is 15.0. The van der Waals surface area contributed by atoms with Gasteiger partial charge in [0.1, 0.15) is 5.82 Å². The summed E-state index contributed by atoms with van der Waals surface area (Å²) in [4.78, 5) is 12.5. The third-order valence-corrected chi connectivity index (χ3v) is 7.29. The number of sulfonamides is 1. The van der Waals surface area contributed by atoms with Crippen molar-refractivity contribution < 1.29 is 17.6 Å². The Morgan fingerprint density at radius 2 is 1.85 bits per heavy atom. The van der Waals surface area contributed by atoms with E-state index >= 15 is 0 Å². The maximum atomic E-state index is 14.0. The number of amides is 1. The maximum absolute atomic E-state index is 14.0. The molecule has 2 atom stereocenters. The molecule has 5 nitrogen and oxygen atoms in total. The zero-order valence-corrected chi connectivity index (χ0v) is 15.8. The molecule has 0 aromatic heterocycles. The molecule has 0 spiro atoms. The molecule has 1 saturated carbocycles. The summed E-state index contributed by atoms with van der Waals surface area (Å²) >= 11 is 0. The van der Waals surface area contributed by atoms with Crippen LogP contribution in [-0.4, -0.2) is 37.8 Å². The number of hydrogen-bond acceptors (Lipinski definition) is 3. The van der Waals surface area contributed by atoms with Gasteiger partial charge in [-0.05, 0) is 31.7 Å². The monoisotopic (exact) mass is 382 g/mol. The molecule has 2 aliphatic rings. The van der Waals surface area contributed by atoms with E-state index in [9.17, 15) is 17.6 Å². The molecule has 7 heteroatoms. The fraction of sp³-hybridized carbons (Fsp3) is 0.632. The van der Waals surface area contributed by atoms with Gasteiger partial charge in [-0.1, -0.05) is 37.5 Å². The second-order valence-electron chi connectivity index (χ2n) is 7.27. The quantitative estimate of drug-likeness (QED) is 0.874. The number of nitrogens with one attached hydrogen (secondary N) is 1. The van der Waals surface area contributed by atoms with Crippen molar-refractivity contribution in [3.63, 3.8) is 0 Å². The van der Waals surface area contributed by atoms with E-state index in [1.165, 1.54) is 16.4 Å². The van der Waals surface area contributed by atoms with Crippen molar-refractivity contribution in [3.05, 3.63) is 35.6 Å². The van der Waals surface area contributed by atoms with Gasteiger partial charge >= 0.3 is 0 Å². The zero-order chi connectivity index (χ0) is 18.6.